The number of carbonyl (C=O) groups is 1. The summed E-state index contributed by atoms with van der Waals surface area (Å²) in [6.07, 6.45) is 10.3. The van der Waals surface area contributed by atoms with Gasteiger partial charge in [-0.15, -0.1) is 0 Å². The number of nitrogens with two attached hydrogens (primary N) is 1. The van der Waals surface area contributed by atoms with Crippen molar-refractivity contribution in [2.75, 3.05) is 0 Å². The molecule has 0 spiro atoms. The number of nitrogens with one attached hydrogen (secondary N) is 1. The number of hydrogen-bond acceptors (Lipinski definition) is 2. The van der Waals surface area contributed by atoms with Crippen molar-refractivity contribution in [1.29, 1.82) is 0 Å². The minimum Gasteiger partial charge on any atom is -0.354 e. The Morgan fingerprint density at radius 1 is 1.06 bits per heavy atom. The standard InChI is InChI=1S/C15H32N2O/c1-4-5-6-7-8-9-10-11-15(18)17-14(3)12-13(2)16/h13-14H,4-12,16H2,1-3H3,(H,17,18). The lowest BCUT2D eigenvalue weighted by Crippen LogP contribution is -2.36. The fourth-order valence-electron chi connectivity index (χ4n) is 2.21. The highest BCUT2D eigenvalue weighted by Crippen LogP contribution is 2.08. The molecule has 18 heavy (non-hydrogen) atoms. The maximum atomic E-state index is 11.6. The zero-order valence-electron chi connectivity index (χ0n) is 12.5. The van der Waals surface area contributed by atoms with Crippen LogP contribution in [-0.2, 0) is 4.79 Å². The van der Waals surface area contributed by atoms with Crippen molar-refractivity contribution in [3.05, 3.63) is 0 Å². The van der Waals surface area contributed by atoms with E-state index in [9.17, 15) is 4.79 Å². The van der Waals surface area contributed by atoms with Crippen molar-refractivity contribution < 1.29 is 4.79 Å². The van der Waals surface area contributed by atoms with Gasteiger partial charge in [0.2, 0.25) is 5.91 Å². The highest BCUT2D eigenvalue weighted by molar-refractivity contribution is 5.76. The second-order valence-electron chi connectivity index (χ2n) is 5.55. The predicted molar refractivity (Wildman–Crippen MR) is 78.5 cm³/mol. The van der Waals surface area contributed by atoms with Gasteiger partial charge in [0.1, 0.15) is 0 Å². The van der Waals surface area contributed by atoms with E-state index >= 15 is 0 Å². The molecule has 0 bridgehead atoms. The Kier molecular flexibility index (Phi) is 11.2. The van der Waals surface area contributed by atoms with Crippen LogP contribution in [0.3, 0.4) is 0 Å². The molecule has 0 saturated carbocycles. The Morgan fingerprint density at radius 3 is 2.17 bits per heavy atom. The van der Waals surface area contributed by atoms with Gasteiger partial charge in [0, 0.05) is 18.5 Å². The van der Waals surface area contributed by atoms with Crippen LogP contribution in [0.4, 0.5) is 0 Å². The van der Waals surface area contributed by atoms with Crippen LogP contribution in [0, 0.1) is 0 Å². The summed E-state index contributed by atoms with van der Waals surface area (Å²) in [6, 6.07) is 0.348. The summed E-state index contributed by atoms with van der Waals surface area (Å²) in [5.41, 5.74) is 5.70. The van der Waals surface area contributed by atoms with E-state index in [1.54, 1.807) is 0 Å². The normalized spacial score (nSPS) is 14.2. The average molecular weight is 256 g/mol. The summed E-state index contributed by atoms with van der Waals surface area (Å²) >= 11 is 0. The maximum Gasteiger partial charge on any atom is 0.220 e. The van der Waals surface area contributed by atoms with Crippen molar-refractivity contribution in [2.24, 2.45) is 5.73 Å². The molecule has 0 aliphatic heterocycles. The molecule has 0 aliphatic rings. The van der Waals surface area contributed by atoms with Crippen LogP contribution in [0.1, 0.15) is 78.6 Å². The quantitative estimate of drug-likeness (QED) is 0.557. The van der Waals surface area contributed by atoms with Crippen LogP contribution >= 0.6 is 0 Å². The topological polar surface area (TPSA) is 55.1 Å². The van der Waals surface area contributed by atoms with Gasteiger partial charge >= 0.3 is 0 Å². The molecule has 0 heterocycles. The molecule has 1 amide bonds. The van der Waals surface area contributed by atoms with Crippen LogP contribution in [0.25, 0.3) is 0 Å². The number of carbonyl (C=O) groups excluding carboxylic acids is 1. The van der Waals surface area contributed by atoms with Crippen LogP contribution in [-0.4, -0.2) is 18.0 Å². The van der Waals surface area contributed by atoms with E-state index in [-0.39, 0.29) is 18.0 Å². The first-order valence-corrected chi connectivity index (χ1v) is 7.61. The fourth-order valence-corrected chi connectivity index (χ4v) is 2.21. The van der Waals surface area contributed by atoms with E-state index in [2.05, 4.69) is 12.2 Å². The molecule has 108 valence electrons. The SMILES string of the molecule is CCCCCCCCCC(=O)NC(C)CC(C)N. The largest absolute Gasteiger partial charge is 0.354 e. The summed E-state index contributed by atoms with van der Waals surface area (Å²) in [6.45, 7) is 6.22. The number of unbranched alkanes of at least 4 members (excludes halogenated alkanes) is 6. The third kappa shape index (κ3) is 11.9. The minimum absolute atomic E-state index is 0.152. The van der Waals surface area contributed by atoms with E-state index in [0.29, 0.717) is 6.42 Å². The molecule has 2 atom stereocenters. The van der Waals surface area contributed by atoms with E-state index in [1.165, 1.54) is 38.5 Å². The van der Waals surface area contributed by atoms with Crippen LogP contribution in [0.5, 0.6) is 0 Å². The lowest BCUT2D eigenvalue weighted by molar-refractivity contribution is -0.121. The second kappa shape index (κ2) is 11.5. The van der Waals surface area contributed by atoms with Crippen LogP contribution in [0.2, 0.25) is 0 Å². The highest BCUT2D eigenvalue weighted by Gasteiger charge is 2.08. The van der Waals surface area contributed by atoms with Gasteiger partial charge in [-0.1, -0.05) is 45.4 Å². The van der Waals surface area contributed by atoms with Gasteiger partial charge in [0.15, 0.2) is 0 Å². The van der Waals surface area contributed by atoms with Gasteiger partial charge in [-0.25, -0.2) is 0 Å². The van der Waals surface area contributed by atoms with Gasteiger partial charge in [0.25, 0.3) is 0 Å². The summed E-state index contributed by atoms with van der Waals surface area (Å²) in [5.74, 6) is 0.178. The Labute approximate surface area is 113 Å². The van der Waals surface area contributed by atoms with Crippen molar-refractivity contribution in [3.8, 4) is 0 Å². The van der Waals surface area contributed by atoms with Crippen molar-refractivity contribution >= 4 is 5.91 Å². The van der Waals surface area contributed by atoms with Gasteiger partial charge < -0.3 is 11.1 Å². The first-order chi connectivity index (χ1) is 8.56. The zero-order chi connectivity index (χ0) is 13.8. The third-order valence-corrected chi connectivity index (χ3v) is 3.14. The van der Waals surface area contributed by atoms with Crippen molar-refractivity contribution in [2.45, 2.75) is 90.6 Å². The molecule has 0 saturated heterocycles. The third-order valence-electron chi connectivity index (χ3n) is 3.14. The molecule has 0 fully saturated rings. The minimum atomic E-state index is 0.152. The van der Waals surface area contributed by atoms with Crippen LogP contribution in [0.15, 0.2) is 0 Å². The lowest BCUT2D eigenvalue weighted by atomic mass is 10.1. The molecule has 0 radical (unpaired) electrons. The Morgan fingerprint density at radius 2 is 1.61 bits per heavy atom. The molecule has 0 aromatic rings. The number of amides is 1. The van der Waals surface area contributed by atoms with E-state index < -0.39 is 0 Å². The maximum absolute atomic E-state index is 11.6. The first-order valence-electron chi connectivity index (χ1n) is 7.61. The monoisotopic (exact) mass is 256 g/mol. The second-order valence-corrected chi connectivity index (χ2v) is 5.55. The van der Waals surface area contributed by atoms with Gasteiger partial charge in [-0.2, -0.15) is 0 Å². The number of hydrogen-bond donors (Lipinski definition) is 2. The smallest absolute Gasteiger partial charge is 0.220 e. The average Bonchev–Trinajstić information content (AvgIpc) is 2.26. The van der Waals surface area contributed by atoms with Gasteiger partial charge in [0.05, 0.1) is 0 Å². The fraction of sp³-hybridized carbons (Fsp3) is 0.933. The highest BCUT2D eigenvalue weighted by atomic mass is 16.1. The van der Waals surface area contributed by atoms with Crippen LogP contribution < -0.4 is 11.1 Å². The van der Waals surface area contributed by atoms with E-state index in [1.807, 2.05) is 13.8 Å². The Balaban J connectivity index is 3.36. The predicted octanol–water partition coefficient (Wildman–Crippen LogP) is 3.37. The molecule has 0 aromatic heterocycles. The molecule has 3 N–H and O–H groups in total. The summed E-state index contributed by atoms with van der Waals surface area (Å²) in [7, 11) is 0. The summed E-state index contributed by atoms with van der Waals surface area (Å²) < 4.78 is 0. The molecule has 0 rings (SSSR count). The van der Waals surface area contributed by atoms with E-state index in [4.69, 9.17) is 5.73 Å². The first kappa shape index (κ1) is 17.4. The molecular weight excluding hydrogens is 224 g/mol. The van der Waals surface area contributed by atoms with E-state index in [0.717, 1.165) is 12.8 Å². The van der Waals surface area contributed by atoms with Gasteiger partial charge in [-0.05, 0) is 26.7 Å². The molecular formula is C15H32N2O. The van der Waals surface area contributed by atoms with Gasteiger partial charge in [-0.3, -0.25) is 4.79 Å². The molecule has 0 aromatic carbocycles. The zero-order valence-corrected chi connectivity index (χ0v) is 12.5. The summed E-state index contributed by atoms with van der Waals surface area (Å²) in [4.78, 5) is 11.6. The molecule has 2 unspecified atom stereocenters. The van der Waals surface area contributed by atoms with Crippen molar-refractivity contribution in [1.82, 2.24) is 5.32 Å². The van der Waals surface area contributed by atoms with Crippen molar-refractivity contribution in [3.63, 3.8) is 0 Å². The lowest BCUT2D eigenvalue weighted by Gasteiger charge is -2.15. The number of rotatable bonds is 11. The molecule has 0 aliphatic carbocycles. The summed E-state index contributed by atoms with van der Waals surface area (Å²) in [5, 5.41) is 3.00. The Hall–Kier alpha value is -0.570. The molecule has 3 nitrogen and oxygen atoms in total. The molecule has 3 heteroatoms. The Bertz CT molecular complexity index is 205.